The van der Waals surface area contributed by atoms with E-state index in [2.05, 4.69) is 5.32 Å². The summed E-state index contributed by atoms with van der Waals surface area (Å²) in [5.74, 6) is -0.370. The van der Waals surface area contributed by atoms with Crippen molar-refractivity contribution >= 4 is 21.6 Å². The van der Waals surface area contributed by atoms with Crippen LogP contribution in [0.1, 0.15) is 33.9 Å². The molecule has 1 amide bonds. The molecule has 3 aromatic rings. The Hall–Kier alpha value is -3.12. The smallest absolute Gasteiger partial charge is 0.241 e. The van der Waals surface area contributed by atoms with Crippen LogP contribution in [0, 0.1) is 20.8 Å². The maximum absolute atomic E-state index is 13.1. The number of nitrogens with one attached hydrogen (secondary N) is 1. The summed E-state index contributed by atoms with van der Waals surface area (Å²) >= 11 is 0. The third-order valence-electron chi connectivity index (χ3n) is 5.31. The summed E-state index contributed by atoms with van der Waals surface area (Å²) in [5, 5.41) is 3.06. The number of anilines is 1. The molecule has 162 valence electrons. The van der Waals surface area contributed by atoms with Crippen molar-refractivity contribution in [3.05, 3.63) is 101 Å². The van der Waals surface area contributed by atoms with Crippen LogP contribution < -0.4 is 9.62 Å². The van der Waals surface area contributed by atoms with E-state index in [1.165, 1.54) is 4.31 Å². The summed E-state index contributed by atoms with van der Waals surface area (Å²) in [4.78, 5) is 13.1. The molecule has 0 radical (unpaired) electrons. The molecule has 31 heavy (non-hydrogen) atoms. The molecule has 1 N–H and O–H groups in total. The predicted molar refractivity (Wildman–Crippen MR) is 126 cm³/mol. The molecule has 5 nitrogen and oxygen atoms in total. The average molecular weight is 437 g/mol. The summed E-state index contributed by atoms with van der Waals surface area (Å²) in [6.45, 7) is 5.40. The number of carbonyl (C=O) groups excluding carboxylic acids is 1. The lowest BCUT2D eigenvalue weighted by atomic mass is 9.95. The summed E-state index contributed by atoms with van der Waals surface area (Å²) < 4.78 is 26.4. The standard InChI is InChI=1S/C25H28N2O3S/c1-18-11-8-9-16-22(18)24(21-14-6-5-7-15-21)26-23(28)17-27(31(4,29)30)25-19(2)12-10-13-20(25)3/h5-16,24H,17H2,1-4H3,(H,26,28)/t24-/m0/s1. The summed E-state index contributed by atoms with van der Waals surface area (Å²) in [6, 6.07) is 22.7. The Kier molecular flexibility index (Phi) is 6.81. The van der Waals surface area contributed by atoms with Gasteiger partial charge in [-0.05, 0) is 48.6 Å². The fourth-order valence-corrected chi connectivity index (χ4v) is 4.77. The van der Waals surface area contributed by atoms with Gasteiger partial charge >= 0.3 is 0 Å². The van der Waals surface area contributed by atoms with E-state index in [1.54, 1.807) is 0 Å². The highest BCUT2D eigenvalue weighted by molar-refractivity contribution is 7.92. The van der Waals surface area contributed by atoms with Crippen molar-refractivity contribution < 1.29 is 13.2 Å². The van der Waals surface area contributed by atoms with Crippen LogP contribution in [0.2, 0.25) is 0 Å². The van der Waals surface area contributed by atoms with Gasteiger partial charge in [-0.25, -0.2) is 8.42 Å². The second kappa shape index (κ2) is 9.35. The molecule has 3 aromatic carbocycles. The monoisotopic (exact) mass is 436 g/mol. The Labute approximate surface area is 184 Å². The second-order valence-electron chi connectivity index (χ2n) is 7.78. The van der Waals surface area contributed by atoms with Gasteiger partial charge in [0.1, 0.15) is 6.54 Å². The van der Waals surface area contributed by atoms with E-state index < -0.39 is 10.0 Å². The molecule has 0 unspecified atom stereocenters. The number of para-hydroxylation sites is 1. The fourth-order valence-electron chi connectivity index (χ4n) is 3.80. The normalized spacial score (nSPS) is 12.3. The number of hydrogen-bond acceptors (Lipinski definition) is 3. The lowest BCUT2D eigenvalue weighted by Crippen LogP contribution is -2.42. The van der Waals surface area contributed by atoms with E-state index in [1.807, 2.05) is 93.6 Å². The van der Waals surface area contributed by atoms with Gasteiger partial charge in [-0.15, -0.1) is 0 Å². The van der Waals surface area contributed by atoms with Gasteiger partial charge in [0.15, 0.2) is 0 Å². The predicted octanol–water partition coefficient (Wildman–Crippen LogP) is 4.28. The molecule has 0 spiro atoms. The first kappa shape index (κ1) is 22.6. The van der Waals surface area contributed by atoms with Crippen molar-refractivity contribution in [1.82, 2.24) is 5.32 Å². The molecule has 1 atom stereocenters. The second-order valence-corrected chi connectivity index (χ2v) is 9.68. The van der Waals surface area contributed by atoms with Crippen LogP contribution in [0.5, 0.6) is 0 Å². The van der Waals surface area contributed by atoms with Crippen LogP contribution in [0.25, 0.3) is 0 Å². The first-order valence-electron chi connectivity index (χ1n) is 10.1. The number of benzene rings is 3. The van der Waals surface area contributed by atoms with E-state index in [4.69, 9.17) is 0 Å². The molecule has 0 fully saturated rings. The van der Waals surface area contributed by atoms with E-state index in [0.717, 1.165) is 34.1 Å². The minimum absolute atomic E-state index is 0.292. The highest BCUT2D eigenvalue weighted by atomic mass is 32.2. The van der Waals surface area contributed by atoms with Gasteiger partial charge in [0.2, 0.25) is 15.9 Å². The third-order valence-corrected chi connectivity index (χ3v) is 6.43. The number of aryl methyl sites for hydroxylation is 3. The van der Waals surface area contributed by atoms with Crippen LogP contribution in [0.4, 0.5) is 5.69 Å². The van der Waals surface area contributed by atoms with Crippen molar-refractivity contribution in [2.45, 2.75) is 26.8 Å². The Morgan fingerprint density at radius 2 is 1.39 bits per heavy atom. The van der Waals surface area contributed by atoms with Crippen LogP contribution in [0.3, 0.4) is 0 Å². The van der Waals surface area contributed by atoms with Crippen molar-refractivity contribution in [2.75, 3.05) is 17.1 Å². The zero-order chi connectivity index (χ0) is 22.6. The Morgan fingerprint density at radius 1 is 0.839 bits per heavy atom. The summed E-state index contributed by atoms with van der Waals surface area (Å²) in [6.07, 6.45) is 1.13. The quantitative estimate of drug-likeness (QED) is 0.601. The van der Waals surface area contributed by atoms with E-state index in [0.29, 0.717) is 5.69 Å². The number of carbonyl (C=O) groups is 1. The molecular weight excluding hydrogens is 408 g/mol. The molecule has 0 aliphatic carbocycles. The maximum atomic E-state index is 13.1. The zero-order valence-electron chi connectivity index (χ0n) is 18.3. The molecule has 0 aromatic heterocycles. The molecule has 6 heteroatoms. The number of hydrogen-bond donors (Lipinski definition) is 1. The van der Waals surface area contributed by atoms with Gasteiger partial charge in [-0.2, -0.15) is 0 Å². The first-order chi connectivity index (χ1) is 14.7. The van der Waals surface area contributed by atoms with E-state index in [-0.39, 0.29) is 18.5 Å². The zero-order valence-corrected chi connectivity index (χ0v) is 19.1. The van der Waals surface area contributed by atoms with Gasteiger partial charge < -0.3 is 5.32 Å². The van der Waals surface area contributed by atoms with Gasteiger partial charge in [0, 0.05) is 0 Å². The van der Waals surface area contributed by atoms with Gasteiger partial charge in [-0.1, -0.05) is 72.8 Å². The topological polar surface area (TPSA) is 66.5 Å². The Morgan fingerprint density at radius 3 is 1.97 bits per heavy atom. The molecule has 0 aliphatic rings. The lowest BCUT2D eigenvalue weighted by Gasteiger charge is -2.27. The van der Waals surface area contributed by atoms with E-state index >= 15 is 0 Å². The van der Waals surface area contributed by atoms with Gasteiger partial charge in [-0.3, -0.25) is 9.10 Å². The molecule has 0 saturated carbocycles. The largest absolute Gasteiger partial charge is 0.344 e. The van der Waals surface area contributed by atoms with Crippen molar-refractivity contribution in [2.24, 2.45) is 0 Å². The molecule has 0 heterocycles. The average Bonchev–Trinajstić information content (AvgIpc) is 2.72. The highest BCUT2D eigenvalue weighted by Crippen LogP contribution is 2.28. The summed E-state index contributed by atoms with van der Waals surface area (Å²) in [7, 11) is -3.66. The highest BCUT2D eigenvalue weighted by Gasteiger charge is 2.26. The minimum atomic E-state index is -3.66. The van der Waals surface area contributed by atoms with Crippen LogP contribution >= 0.6 is 0 Å². The SMILES string of the molecule is Cc1ccccc1[C@@H](NC(=O)CN(c1c(C)cccc1C)S(C)(=O)=O)c1ccccc1. The van der Waals surface area contributed by atoms with Crippen LogP contribution in [-0.4, -0.2) is 27.1 Å². The Bertz CT molecular complexity index is 1150. The maximum Gasteiger partial charge on any atom is 0.241 e. The molecular formula is C25H28N2O3S. The first-order valence-corrected chi connectivity index (χ1v) is 12.0. The summed E-state index contributed by atoms with van der Waals surface area (Å²) in [5.41, 5.74) is 5.11. The van der Waals surface area contributed by atoms with Crippen LogP contribution in [-0.2, 0) is 14.8 Å². The minimum Gasteiger partial charge on any atom is -0.344 e. The van der Waals surface area contributed by atoms with Crippen LogP contribution in [0.15, 0.2) is 72.8 Å². The lowest BCUT2D eigenvalue weighted by molar-refractivity contribution is -0.120. The van der Waals surface area contributed by atoms with Crippen molar-refractivity contribution in [3.63, 3.8) is 0 Å². The third kappa shape index (κ3) is 5.33. The number of rotatable bonds is 7. The molecule has 0 bridgehead atoms. The number of amides is 1. The molecule has 0 saturated heterocycles. The number of sulfonamides is 1. The van der Waals surface area contributed by atoms with E-state index in [9.17, 15) is 13.2 Å². The molecule has 0 aliphatic heterocycles. The molecule has 3 rings (SSSR count). The van der Waals surface area contributed by atoms with Crippen molar-refractivity contribution in [1.29, 1.82) is 0 Å². The Balaban J connectivity index is 1.95. The number of nitrogens with zero attached hydrogens (tertiary/aromatic N) is 1. The van der Waals surface area contributed by atoms with Crippen molar-refractivity contribution in [3.8, 4) is 0 Å². The van der Waals surface area contributed by atoms with Gasteiger partial charge in [0.25, 0.3) is 0 Å². The fraction of sp³-hybridized carbons (Fsp3) is 0.240. The van der Waals surface area contributed by atoms with Gasteiger partial charge in [0.05, 0.1) is 18.0 Å².